The predicted molar refractivity (Wildman–Crippen MR) is 120 cm³/mol. The van der Waals surface area contributed by atoms with Crippen LogP contribution in [0.25, 0.3) is 0 Å². The smallest absolute Gasteiger partial charge is 0.250 e. The zero-order valence-corrected chi connectivity index (χ0v) is 18.5. The molecule has 2 N–H and O–H groups in total. The Morgan fingerprint density at radius 1 is 1.14 bits per heavy atom. The van der Waals surface area contributed by atoms with Crippen LogP contribution in [0.15, 0.2) is 62.3 Å². The van der Waals surface area contributed by atoms with Gasteiger partial charge in [-0.2, -0.15) is 5.10 Å². The van der Waals surface area contributed by atoms with Gasteiger partial charge < -0.3 is 5.11 Å². The SMILES string of the molecule is C/C(=N/NC(=O)CSc1nnc(SCc2ccccc2Cl)s1)c1ccc(O)cc1. The molecule has 0 spiro atoms. The number of hydrogen-bond donors (Lipinski definition) is 2. The van der Waals surface area contributed by atoms with Gasteiger partial charge in [0.05, 0.1) is 11.5 Å². The largest absolute Gasteiger partial charge is 0.508 e. The summed E-state index contributed by atoms with van der Waals surface area (Å²) in [5, 5.41) is 22.4. The van der Waals surface area contributed by atoms with Crippen molar-refractivity contribution < 1.29 is 9.90 Å². The Labute approximate surface area is 185 Å². The van der Waals surface area contributed by atoms with Crippen molar-refractivity contribution in [1.29, 1.82) is 0 Å². The average molecular weight is 465 g/mol. The first-order chi connectivity index (χ1) is 14.0. The number of hydrazone groups is 1. The second-order valence-corrected chi connectivity index (χ2v) is 9.61. The second-order valence-electron chi connectivity index (χ2n) is 5.78. The summed E-state index contributed by atoms with van der Waals surface area (Å²) in [5.41, 5.74) is 5.04. The van der Waals surface area contributed by atoms with E-state index in [1.165, 1.54) is 23.1 Å². The van der Waals surface area contributed by atoms with Crippen LogP contribution in [0.4, 0.5) is 0 Å². The van der Waals surface area contributed by atoms with E-state index in [1.807, 2.05) is 24.3 Å². The fraction of sp³-hybridized carbons (Fsp3) is 0.158. The van der Waals surface area contributed by atoms with Crippen LogP contribution in [0.1, 0.15) is 18.1 Å². The quantitative estimate of drug-likeness (QED) is 0.282. The van der Waals surface area contributed by atoms with Gasteiger partial charge in [-0.15, -0.1) is 10.2 Å². The first-order valence-electron chi connectivity index (χ1n) is 8.46. The van der Waals surface area contributed by atoms with Crippen molar-refractivity contribution in [1.82, 2.24) is 15.6 Å². The first-order valence-corrected chi connectivity index (χ1v) is 11.6. The summed E-state index contributed by atoms with van der Waals surface area (Å²) < 4.78 is 1.55. The van der Waals surface area contributed by atoms with Gasteiger partial charge in [0.2, 0.25) is 0 Å². The summed E-state index contributed by atoms with van der Waals surface area (Å²) >= 11 is 10.5. The monoisotopic (exact) mass is 464 g/mol. The van der Waals surface area contributed by atoms with E-state index in [0.29, 0.717) is 11.5 Å². The fourth-order valence-corrected chi connectivity index (χ4v) is 5.24. The number of carbonyl (C=O) groups excluding carboxylic acids is 1. The molecule has 0 radical (unpaired) electrons. The van der Waals surface area contributed by atoms with Crippen molar-refractivity contribution in [2.45, 2.75) is 21.4 Å². The van der Waals surface area contributed by atoms with E-state index in [0.717, 1.165) is 24.8 Å². The van der Waals surface area contributed by atoms with Crippen molar-refractivity contribution in [3.05, 3.63) is 64.7 Å². The number of thioether (sulfide) groups is 2. The van der Waals surface area contributed by atoms with Crippen LogP contribution in [-0.2, 0) is 10.5 Å². The Morgan fingerprint density at radius 3 is 2.55 bits per heavy atom. The van der Waals surface area contributed by atoms with Gasteiger partial charge in [-0.1, -0.05) is 64.7 Å². The van der Waals surface area contributed by atoms with E-state index >= 15 is 0 Å². The van der Waals surface area contributed by atoms with Crippen molar-refractivity contribution in [2.24, 2.45) is 5.10 Å². The van der Waals surface area contributed by atoms with Crippen molar-refractivity contribution >= 4 is 58.1 Å². The van der Waals surface area contributed by atoms with Crippen molar-refractivity contribution in [3.63, 3.8) is 0 Å². The van der Waals surface area contributed by atoms with Gasteiger partial charge in [-0.25, -0.2) is 5.43 Å². The second kappa shape index (κ2) is 10.6. The lowest BCUT2D eigenvalue weighted by Crippen LogP contribution is -2.21. The van der Waals surface area contributed by atoms with E-state index in [2.05, 4.69) is 20.7 Å². The third-order valence-electron chi connectivity index (χ3n) is 3.66. The number of halogens is 1. The average Bonchev–Trinajstić information content (AvgIpc) is 3.18. The van der Waals surface area contributed by atoms with E-state index in [9.17, 15) is 9.90 Å². The summed E-state index contributed by atoms with van der Waals surface area (Å²) in [7, 11) is 0. The predicted octanol–water partition coefficient (Wildman–Crippen LogP) is 4.82. The zero-order valence-electron chi connectivity index (χ0n) is 15.3. The molecule has 1 amide bonds. The molecule has 1 heterocycles. The summed E-state index contributed by atoms with van der Waals surface area (Å²) in [4.78, 5) is 12.0. The summed E-state index contributed by atoms with van der Waals surface area (Å²) in [6.45, 7) is 1.78. The van der Waals surface area contributed by atoms with Crippen LogP contribution >= 0.6 is 46.5 Å². The van der Waals surface area contributed by atoms with Gasteiger partial charge in [-0.3, -0.25) is 4.79 Å². The standard InChI is InChI=1S/C19H17ClN4O2S3/c1-12(13-6-8-15(25)9-7-13)21-22-17(26)11-28-19-24-23-18(29-19)27-10-14-4-2-3-5-16(14)20/h2-9,25H,10-11H2,1H3,(H,22,26)/b21-12-. The van der Waals surface area contributed by atoms with E-state index in [1.54, 1.807) is 43.0 Å². The van der Waals surface area contributed by atoms with Crippen LogP contribution in [0.5, 0.6) is 5.75 Å². The number of nitrogens with zero attached hydrogens (tertiary/aromatic N) is 3. The Hall–Kier alpha value is -2.07. The maximum Gasteiger partial charge on any atom is 0.250 e. The fourth-order valence-electron chi connectivity index (χ4n) is 2.14. The molecular formula is C19H17ClN4O2S3. The molecule has 0 saturated heterocycles. The number of rotatable bonds is 8. The molecule has 0 aliphatic rings. The molecule has 1 aromatic heterocycles. The Balaban J connectivity index is 1.45. The number of aromatic hydroxyl groups is 1. The van der Waals surface area contributed by atoms with Crippen molar-refractivity contribution in [3.8, 4) is 5.75 Å². The summed E-state index contributed by atoms with van der Waals surface area (Å²) in [6.07, 6.45) is 0. The number of amides is 1. The summed E-state index contributed by atoms with van der Waals surface area (Å²) in [6, 6.07) is 14.3. The Morgan fingerprint density at radius 2 is 1.83 bits per heavy atom. The Kier molecular flexibility index (Phi) is 7.93. The molecule has 0 atom stereocenters. The minimum atomic E-state index is -0.228. The topological polar surface area (TPSA) is 87.5 Å². The molecule has 150 valence electrons. The van der Waals surface area contributed by atoms with Crippen molar-refractivity contribution in [2.75, 3.05) is 5.75 Å². The molecule has 3 rings (SSSR count). The highest BCUT2D eigenvalue weighted by atomic mass is 35.5. The zero-order chi connectivity index (χ0) is 20.6. The van der Waals surface area contributed by atoms with Crippen LogP contribution in [0.3, 0.4) is 0 Å². The highest BCUT2D eigenvalue weighted by molar-refractivity contribution is 8.03. The maximum atomic E-state index is 12.0. The van der Waals surface area contributed by atoms with Crippen LogP contribution in [0, 0.1) is 0 Å². The third kappa shape index (κ3) is 6.74. The molecule has 0 bridgehead atoms. The molecule has 10 heteroatoms. The van der Waals surface area contributed by atoms with E-state index < -0.39 is 0 Å². The van der Waals surface area contributed by atoms with Crippen LogP contribution in [-0.4, -0.2) is 32.7 Å². The molecule has 0 fully saturated rings. The molecule has 29 heavy (non-hydrogen) atoms. The number of hydrogen-bond acceptors (Lipinski definition) is 8. The third-order valence-corrected chi connectivity index (χ3v) is 7.26. The number of benzene rings is 2. The van der Waals surface area contributed by atoms with Gasteiger partial charge in [0.1, 0.15) is 5.75 Å². The number of phenolic OH excluding ortho intramolecular Hbond substituents is 1. The van der Waals surface area contributed by atoms with E-state index in [4.69, 9.17) is 11.6 Å². The number of phenols is 1. The minimum Gasteiger partial charge on any atom is -0.508 e. The van der Waals surface area contributed by atoms with Crippen LogP contribution < -0.4 is 5.43 Å². The molecular weight excluding hydrogens is 448 g/mol. The highest BCUT2D eigenvalue weighted by Crippen LogP contribution is 2.32. The molecule has 0 aliphatic carbocycles. The first kappa shape index (κ1) is 21.6. The Bertz CT molecular complexity index is 1010. The van der Waals surface area contributed by atoms with Gasteiger partial charge in [-0.05, 0) is 48.4 Å². The van der Waals surface area contributed by atoms with Gasteiger partial charge >= 0.3 is 0 Å². The minimum absolute atomic E-state index is 0.184. The van der Waals surface area contributed by atoms with Gasteiger partial charge in [0.15, 0.2) is 8.68 Å². The van der Waals surface area contributed by atoms with E-state index in [-0.39, 0.29) is 17.4 Å². The summed E-state index contributed by atoms with van der Waals surface area (Å²) in [5.74, 6) is 0.859. The van der Waals surface area contributed by atoms with Crippen LogP contribution in [0.2, 0.25) is 5.02 Å². The maximum absolute atomic E-state index is 12.0. The lowest BCUT2D eigenvalue weighted by atomic mass is 10.1. The molecule has 3 aromatic rings. The van der Waals surface area contributed by atoms with Gasteiger partial charge in [0, 0.05) is 10.8 Å². The molecule has 2 aromatic carbocycles. The molecule has 0 saturated carbocycles. The molecule has 6 nitrogen and oxygen atoms in total. The molecule has 0 unspecified atom stereocenters. The normalized spacial score (nSPS) is 11.4. The molecule has 0 aliphatic heterocycles. The number of carbonyl (C=O) groups is 1. The lowest BCUT2D eigenvalue weighted by Gasteiger charge is -2.02. The van der Waals surface area contributed by atoms with Gasteiger partial charge in [0.25, 0.3) is 5.91 Å². The number of nitrogens with one attached hydrogen (secondary N) is 1. The number of aromatic nitrogens is 2. The lowest BCUT2D eigenvalue weighted by molar-refractivity contribution is -0.118. The highest BCUT2D eigenvalue weighted by Gasteiger charge is 2.10.